The molecule has 0 aliphatic carbocycles. The van der Waals surface area contributed by atoms with Crippen molar-refractivity contribution in [1.29, 1.82) is 0 Å². The van der Waals surface area contributed by atoms with E-state index in [-0.39, 0.29) is 128 Å². The summed E-state index contributed by atoms with van der Waals surface area (Å²) >= 11 is 0. The predicted molar refractivity (Wildman–Crippen MR) is 386 cm³/mol. The summed E-state index contributed by atoms with van der Waals surface area (Å²) in [6, 6.07) is -5.84. The van der Waals surface area contributed by atoms with Gasteiger partial charge in [-0.2, -0.15) is 0 Å². The average molecular weight is 1490 g/mol. The number of nitrogens with one attached hydrogen (secondary N) is 4. The minimum atomic E-state index is -1.53. The van der Waals surface area contributed by atoms with Crippen molar-refractivity contribution >= 4 is 83.3 Å². The number of carboxylic acids is 9. The molecule has 0 fully saturated rings. The zero-order valence-corrected chi connectivity index (χ0v) is 62.1. The van der Waals surface area contributed by atoms with Crippen LogP contribution in [0.5, 0.6) is 0 Å². The number of hydrogen-bond acceptors (Lipinski definition) is 18. The van der Waals surface area contributed by atoms with Crippen LogP contribution in [-0.4, -0.2) is 270 Å². The first-order valence-electron chi connectivity index (χ1n) is 37.9. The van der Waals surface area contributed by atoms with Crippen LogP contribution in [0.1, 0.15) is 258 Å². The smallest absolute Gasteiger partial charge is 0.320 e. The molecule has 598 valence electrons. The van der Waals surface area contributed by atoms with E-state index in [4.69, 9.17) is 0 Å². The molecular weight excluding hydrogens is 1360 g/mol. The summed E-state index contributed by atoms with van der Waals surface area (Å²) in [5.74, 6) is -15.8. The molecule has 0 rings (SSSR count). The fourth-order valence-electron chi connectivity index (χ4n) is 12.5. The molecule has 0 saturated carbocycles. The molecule has 0 aromatic heterocycles. The molecule has 5 amide bonds. The number of unbranched alkanes of at least 4 members (excludes halogenated alkanes) is 26. The monoisotopic (exact) mass is 1490 g/mol. The second-order valence-corrected chi connectivity index (χ2v) is 27.0. The molecule has 104 heavy (non-hydrogen) atoms. The highest BCUT2D eigenvalue weighted by atomic mass is 16.4. The van der Waals surface area contributed by atoms with Crippen LogP contribution in [-0.2, 0) is 67.1 Å². The minimum absolute atomic E-state index is 0.00561. The fraction of sp³-hybridized carbons (Fsp3) is 0.806. The maximum Gasteiger partial charge on any atom is 0.320 e. The summed E-state index contributed by atoms with van der Waals surface area (Å²) in [6.07, 6.45) is 28.6. The van der Waals surface area contributed by atoms with E-state index in [0.717, 1.165) is 66.1 Å². The van der Waals surface area contributed by atoms with Gasteiger partial charge in [0.1, 0.15) is 18.1 Å². The highest BCUT2D eigenvalue weighted by molar-refractivity contribution is 5.87. The predicted octanol–water partition coefficient (Wildman–Crippen LogP) is 6.59. The quantitative estimate of drug-likeness (QED) is 0.0286. The third-order valence-electron chi connectivity index (χ3n) is 18.0. The van der Waals surface area contributed by atoms with E-state index in [0.29, 0.717) is 13.1 Å². The summed E-state index contributed by atoms with van der Waals surface area (Å²) in [5, 5.41) is 96.6. The van der Waals surface area contributed by atoms with Gasteiger partial charge in [0, 0.05) is 52.1 Å². The van der Waals surface area contributed by atoms with Gasteiger partial charge in [-0.15, -0.1) is 0 Å². The third-order valence-corrected chi connectivity index (χ3v) is 18.0. The molecule has 0 aliphatic rings. The summed E-state index contributed by atoms with van der Waals surface area (Å²) in [7, 11) is 0. The first-order chi connectivity index (χ1) is 49.6. The van der Waals surface area contributed by atoms with Gasteiger partial charge in [-0.3, -0.25) is 86.7 Å². The Hall–Kier alpha value is -7.58. The number of nitrogens with zero attached hydrogens (tertiary/aromatic N) is 5. The van der Waals surface area contributed by atoms with Crippen molar-refractivity contribution in [3.05, 3.63) is 0 Å². The molecule has 4 unspecified atom stereocenters. The topological polar surface area (TPSA) is 485 Å². The van der Waals surface area contributed by atoms with Crippen LogP contribution >= 0.6 is 0 Å². The molecule has 32 nitrogen and oxygen atoms in total. The number of aliphatic carboxylic acids is 9. The summed E-state index contributed by atoms with van der Waals surface area (Å²) in [6.45, 7) is -1.12. The van der Waals surface area contributed by atoms with Gasteiger partial charge in [0.15, 0.2) is 0 Å². The maximum atomic E-state index is 14.4. The standard InChI is InChI=1S/C72H127N9O23/c1-3-5-7-9-11-13-15-17-19-21-23-33-45-77(46-34-24-22-20-18-16-14-12-10-8-6-4-2)62(85)40-39-59(82)73-41-29-25-35-55(69(98)76-44-32-28-38-58(72(103)104)81(53-67(94)95)54-68(96)97)78(47-60(83)74-42-30-26-36-56(70(99)100)79(49-63(86)87)50-64(88)89)48-61(84)75-43-31-27-37-57(71(101)102)80(51-65(90)91)52-66(92)93/h55-58H,3-54H2,1-2H3,(H,73,82)(H,74,83)(H,75,84)(H,76,98)(H,86,87)(H,88,89)(H,90,91)(H,92,93)(H,94,95)(H,96,97)(H,99,100)(H,101,102)(H,103,104). The highest BCUT2D eigenvalue weighted by Crippen LogP contribution is 2.18. The molecule has 0 radical (unpaired) electrons. The van der Waals surface area contributed by atoms with E-state index in [2.05, 4.69) is 35.1 Å². The van der Waals surface area contributed by atoms with Crippen molar-refractivity contribution in [3.8, 4) is 0 Å². The molecule has 0 aromatic carbocycles. The Morgan fingerprint density at radius 2 is 0.500 bits per heavy atom. The molecule has 0 heterocycles. The van der Waals surface area contributed by atoms with E-state index in [1.54, 1.807) is 0 Å². The zero-order chi connectivity index (χ0) is 77.9. The number of carbonyl (C=O) groups is 14. The van der Waals surface area contributed by atoms with Gasteiger partial charge < -0.3 is 72.1 Å². The van der Waals surface area contributed by atoms with Crippen molar-refractivity contribution in [2.24, 2.45) is 0 Å². The van der Waals surface area contributed by atoms with Gasteiger partial charge in [0.2, 0.25) is 29.5 Å². The van der Waals surface area contributed by atoms with Crippen molar-refractivity contribution in [3.63, 3.8) is 0 Å². The van der Waals surface area contributed by atoms with Crippen LogP contribution in [0.3, 0.4) is 0 Å². The van der Waals surface area contributed by atoms with Gasteiger partial charge >= 0.3 is 53.7 Å². The first kappa shape index (κ1) is 96.4. The molecule has 4 atom stereocenters. The largest absolute Gasteiger partial charge is 0.480 e. The van der Waals surface area contributed by atoms with Gasteiger partial charge in [-0.1, -0.05) is 155 Å². The molecule has 0 aliphatic heterocycles. The second kappa shape index (κ2) is 61.7. The number of hydrogen-bond donors (Lipinski definition) is 13. The van der Waals surface area contributed by atoms with Gasteiger partial charge in [-0.25, -0.2) is 0 Å². The zero-order valence-electron chi connectivity index (χ0n) is 62.1. The molecule has 32 heteroatoms. The Balaban J connectivity index is 6.64. The van der Waals surface area contributed by atoms with Crippen LogP contribution in [0.2, 0.25) is 0 Å². The molecular formula is C72H127N9O23. The Bertz CT molecular complexity index is 2380. The summed E-state index contributed by atoms with van der Waals surface area (Å²) in [5.41, 5.74) is 0. The Kier molecular flexibility index (Phi) is 57.2. The molecule has 0 spiro atoms. The maximum absolute atomic E-state index is 14.4. The van der Waals surface area contributed by atoms with E-state index < -0.39 is 148 Å². The minimum Gasteiger partial charge on any atom is -0.480 e. The summed E-state index contributed by atoms with van der Waals surface area (Å²) < 4.78 is 0. The number of carboxylic acid groups (broad SMARTS) is 9. The third kappa shape index (κ3) is 52.4. The number of carbonyl (C=O) groups excluding carboxylic acids is 5. The van der Waals surface area contributed by atoms with Crippen molar-refractivity contribution < 1.29 is 113 Å². The Morgan fingerprint density at radius 1 is 0.260 bits per heavy atom. The van der Waals surface area contributed by atoms with Crippen LogP contribution in [0.25, 0.3) is 0 Å². The lowest BCUT2D eigenvalue weighted by Gasteiger charge is -2.30. The van der Waals surface area contributed by atoms with Crippen LogP contribution < -0.4 is 21.3 Å². The van der Waals surface area contributed by atoms with E-state index in [1.165, 1.54) is 108 Å². The van der Waals surface area contributed by atoms with Crippen molar-refractivity contribution in [1.82, 2.24) is 45.8 Å². The van der Waals surface area contributed by atoms with Crippen LogP contribution in [0.15, 0.2) is 0 Å². The van der Waals surface area contributed by atoms with Crippen LogP contribution in [0.4, 0.5) is 0 Å². The molecule has 0 bridgehead atoms. The normalized spacial score (nSPS) is 12.5. The first-order valence-corrected chi connectivity index (χ1v) is 37.9. The van der Waals surface area contributed by atoms with Crippen LogP contribution in [0, 0.1) is 0 Å². The number of rotatable bonds is 73. The van der Waals surface area contributed by atoms with Crippen molar-refractivity contribution in [2.45, 2.75) is 282 Å². The second-order valence-electron chi connectivity index (χ2n) is 27.0. The van der Waals surface area contributed by atoms with Gasteiger partial charge in [0.25, 0.3) is 0 Å². The SMILES string of the molecule is CCCCCCCCCCCCCCN(CCCCCCCCCCCCCC)C(=O)CCC(=O)NCCCCC(C(=O)NCCCCC(C(=O)O)N(CC(=O)O)CC(=O)O)N(CC(=O)NCCCCC(C(=O)O)N(CC(=O)O)CC(=O)O)CC(=O)NCCCCC(C(=O)O)N(CC(=O)O)CC(=O)O. The van der Waals surface area contributed by atoms with E-state index >= 15 is 0 Å². The Labute approximate surface area is 613 Å². The Morgan fingerprint density at radius 3 is 0.769 bits per heavy atom. The molecule has 0 saturated heterocycles. The van der Waals surface area contributed by atoms with Gasteiger partial charge in [-0.05, 0) is 89.9 Å². The fourth-order valence-corrected chi connectivity index (χ4v) is 12.5. The molecule has 13 N–H and O–H groups in total. The van der Waals surface area contributed by atoms with E-state index in [9.17, 15) is 113 Å². The lowest BCUT2D eigenvalue weighted by atomic mass is 10.0. The van der Waals surface area contributed by atoms with Crippen molar-refractivity contribution in [2.75, 3.05) is 91.6 Å². The average Bonchev–Trinajstić information content (AvgIpc) is 0.866. The number of amides is 5. The highest BCUT2D eigenvalue weighted by Gasteiger charge is 2.33. The molecule has 0 aromatic rings. The lowest BCUT2D eigenvalue weighted by molar-refractivity contribution is -0.152. The lowest BCUT2D eigenvalue weighted by Crippen LogP contribution is -2.53. The van der Waals surface area contributed by atoms with Gasteiger partial charge in [0.05, 0.1) is 58.4 Å². The summed E-state index contributed by atoms with van der Waals surface area (Å²) in [4.78, 5) is 180. The van der Waals surface area contributed by atoms with E-state index in [1.807, 2.05) is 4.90 Å².